The molecular formula is C12H11N3O2S2. The van der Waals surface area contributed by atoms with Gasteiger partial charge in [0.05, 0.1) is 4.90 Å². The molecule has 0 aromatic carbocycles. The number of hydrogen-bond donors (Lipinski definition) is 2. The van der Waals surface area contributed by atoms with Gasteiger partial charge in [0.15, 0.2) is 0 Å². The van der Waals surface area contributed by atoms with Gasteiger partial charge in [0, 0.05) is 29.7 Å². The van der Waals surface area contributed by atoms with Crippen LogP contribution < -0.4 is 4.72 Å². The number of thiophene rings is 1. The van der Waals surface area contributed by atoms with E-state index in [-0.39, 0.29) is 6.54 Å². The number of sulfonamides is 1. The molecule has 0 radical (unpaired) electrons. The number of aromatic nitrogens is 2. The molecule has 3 rings (SSSR count). The highest BCUT2D eigenvalue weighted by molar-refractivity contribution is 7.89. The van der Waals surface area contributed by atoms with Crippen molar-refractivity contribution in [1.29, 1.82) is 0 Å². The molecule has 0 aliphatic carbocycles. The summed E-state index contributed by atoms with van der Waals surface area (Å²) in [6, 6.07) is 5.32. The zero-order chi connectivity index (χ0) is 13.3. The average molecular weight is 293 g/mol. The summed E-state index contributed by atoms with van der Waals surface area (Å²) in [6.45, 7) is 0.240. The lowest BCUT2D eigenvalue weighted by molar-refractivity contribution is 0.582. The monoisotopic (exact) mass is 293 g/mol. The quantitative estimate of drug-likeness (QED) is 0.773. The lowest BCUT2D eigenvalue weighted by atomic mass is 10.2. The molecule has 0 saturated heterocycles. The van der Waals surface area contributed by atoms with Crippen molar-refractivity contribution < 1.29 is 8.42 Å². The standard InChI is InChI=1S/C12H11N3O2S2/c16-19(17,10-3-5-18-8-10)15-7-9-6-14-12-11(9)2-1-4-13-12/h1-6,8,15H,7H2,(H,13,14). The van der Waals surface area contributed by atoms with Crippen molar-refractivity contribution in [2.75, 3.05) is 0 Å². The molecule has 98 valence electrons. The minimum Gasteiger partial charge on any atom is -0.346 e. The first-order valence-electron chi connectivity index (χ1n) is 5.60. The van der Waals surface area contributed by atoms with Gasteiger partial charge in [-0.2, -0.15) is 11.3 Å². The molecule has 0 aliphatic heterocycles. The van der Waals surface area contributed by atoms with Crippen molar-refractivity contribution in [3.05, 3.63) is 46.9 Å². The van der Waals surface area contributed by atoms with Gasteiger partial charge in [0.1, 0.15) is 5.65 Å². The van der Waals surface area contributed by atoms with Gasteiger partial charge in [-0.15, -0.1) is 0 Å². The van der Waals surface area contributed by atoms with Crippen LogP contribution in [0.5, 0.6) is 0 Å². The third-order valence-electron chi connectivity index (χ3n) is 2.79. The molecular weight excluding hydrogens is 282 g/mol. The summed E-state index contributed by atoms with van der Waals surface area (Å²) < 4.78 is 26.6. The molecule has 0 saturated carbocycles. The number of aromatic amines is 1. The van der Waals surface area contributed by atoms with Gasteiger partial charge in [-0.25, -0.2) is 18.1 Å². The molecule has 2 N–H and O–H groups in total. The Bertz CT molecular complexity index is 791. The summed E-state index contributed by atoms with van der Waals surface area (Å²) in [6.07, 6.45) is 3.46. The van der Waals surface area contributed by atoms with Crippen molar-refractivity contribution in [2.45, 2.75) is 11.4 Å². The van der Waals surface area contributed by atoms with Crippen LogP contribution in [0.4, 0.5) is 0 Å². The van der Waals surface area contributed by atoms with Crippen LogP contribution in [-0.2, 0) is 16.6 Å². The van der Waals surface area contributed by atoms with E-state index in [1.165, 1.54) is 11.3 Å². The Hall–Kier alpha value is -1.70. The number of hydrogen-bond acceptors (Lipinski definition) is 4. The van der Waals surface area contributed by atoms with E-state index in [4.69, 9.17) is 0 Å². The number of fused-ring (bicyclic) bond motifs is 1. The summed E-state index contributed by atoms with van der Waals surface area (Å²) in [5.74, 6) is 0. The molecule has 0 fully saturated rings. The smallest absolute Gasteiger partial charge is 0.241 e. The van der Waals surface area contributed by atoms with Crippen LogP contribution in [-0.4, -0.2) is 18.4 Å². The average Bonchev–Trinajstić information content (AvgIpc) is 3.07. The minimum absolute atomic E-state index is 0.240. The Morgan fingerprint density at radius 3 is 3.05 bits per heavy atom. The van der Waals surface area contributed by atoms with Crippen LogP contribution in [0.3, 0.4) is 0 Å². The molecule has 5 nitrogen and oxygen atoms in total. The molecule has 7 heteroatoms. The number of nitrogens with one attached hydrogen (secondary N) is 2. The van der Waals surface area contributed by atoms with Crippen LogP contribution in [0, 0.1) is 0 Å². The Labute approximate surface area is 114 Å². The highest BCUT2D eigenvalue weighted by atomic mass is 32.2. The van der Waals surface area contributed by atoms with Crippen molar-refractivity contribution in [3.8, 4) is 0 Å². The van der Waals surface area contributed by atoms with Crippen LogP contribution in [0.2, 0.25) is 0 Å². The van der Waals surface area contributed by atoms with E-state index in [9.17, 15) is 8.42 Å². The zero-order valence-corrected chi connectivity index (χ0v) is 11.5. The van der Waals surface area contributed by atoms with Gasteiger partial charge >= 0.3 is 0 Å². The summed E-state index contributed by atoms with van der Waals surface area (Å²) in [4.78, 5) is 7.48. The summed E-state index contributed by atoms with van der Waals surface area (Å²) in [5, 5.41) is 4.28. The van der Waals surface area contributed by atoms with E-state index in [0.29, 0.717) is 4.90 Å². The lowest BCUT2D eigenvalue weighted by Crippen LogP contribution is -2.22. The summed E-state index contributed by atoms with van der Waals surface area (Å²) in [5.41, 5.74) is 1.63. The van der Waals surface area contributed by atoms with E-state index >= 15 is 0 Å². The second kappa shape index (κ2) is 4.76. The molecule has 0 aliphatic rings. The van der Waals surface area contributed by atoms with Crippen molar-refractivity contribution in [3.63, 3.8) is 0 Å². The predicted octanol–water partition coefficient (Wildman–Crippen LogP) is 2.10. The first kappa shape index (κ1) is 12.3. The van der Waals surface area contributed by atoms with Gasteiger partial charge in [0.25, 0.3) is 0 Å². The van der Waals surface area contributed by atoms with E-state index in [1.807, 2.05) is 12.1 Å². The molecule has 3 aromatic rings. The largest absolute Gasteiger partial charge is 0.346 e. The third kappa shape index (κ3) is 2.40. The molecule has 0 unspecified atom stereocenters. The highest BCUT2D eigenvalue weighted by Gasteiger charge is 2.14. The lowest BCUT2D eigenvalue weighted by Gasteiger charge is -2.03. The minimum atomic E-state index is -3.44. The molecule has 19 heavy (non-hydrogen) atoms. The fourth-order valence-corrected chi connectivity index (χ4v) is 3.86. The molecule has 0 atom stereocenters. The number of nitrogens with zero attached hydrogens (tertiary/aromatic N) is 1. The van der Waals surface area contributed by atoms with Crippen molar-refractivity contribution >= 4 is 32.4 Å². The number of pyridine rings is 1. The SMILES string of the molecule is O=S(=O)(NCc1c[nH]c2ncccc12)c1ccsc1. The maximum atomic E-state index is 12.0. The molecule has 0 amide bonds. The second-order valence-corrected chi connectivity index (χ2v) is 6.54. The van der Waals surface area contributed by atoms with E-state index < -0.39 is 10.0 Å². The Morgan fingerprint density at radius 1 is 1.37 bits per heavy atom. The Morgan fingerprint density at radius 2 is 2.26 bits per heavy atom. The van der Waals surface area contributed by atoms with Crippen molar-refractivity contribution in [1.82, 2.24) is 14.7 Å². The number of H-pyrrole nitrogens is 1. The van der Waals surface area contributed by atoms with Gasteiger partial charge in [0.2, 0.25) is 10.0 Å². The molecule has 3 heterocycles. The fourth-order valence-electron chi connectivity index (χ4n) is 1.82. The predicted molar refractivity (Wildman–Crippen MR) is 74.4 cm³/mol. The maximum absolute atomic E-state index is 12.0. The normalized spacial score (nSPS) is 12.0. The van der Waals surface area contributed by atoms with Crippen LogP contribution in [0.15, 0.2) is 46.2 Å². The van der Waals surface area contributed by atoms with Crippen molar-refractivity contribution in [2.24, 2.45) is 0 Å². The maximum Gasteiger partial charge on any atom is 0.241 e. The van der Waals surface area contributed by atoms with E-state index in [2.05, 4.69) is 14.7 Å². The van der Waals surface area contributed by atoms with Gasteiger partial charge in [-0.1, -0.05) is 0 Å². The molecule has 0 bridgehead atoms. The molecule has 3 aromatic heterocycles. The number of rotatable bonds is 4. The topological polar surface area (TPSA) is 74.8 Å². The van der Waals surface area contributed by atoms with Crippen LogP contribution in [0.25, 0.3) is 11.0 Å². The Balaban J connectivity index is 1.83. The third-order valence-corrected chi connectivity index (χ3v) is 5.03. The molecule has 0 spiro atoms. The van der Waals surface area contributed by atoms with Crippen LogP contribution in [0.1, 0.15) is 5.56 Å². The fraction of sp³-hybridized carbons (Fsp3) is 0.0833. The first-order chi connectivity index (χ1) is 9.17. The first-order valence-corrected chi connectivity index (χ1v) is 8.02. The highest BCUT2D eigenvalue weighted by Crippen LogP contribution is 2.17. The zero-order valence-electron chi connectivity index (χ0n) is 9.83. The van der Waals surface area contributed by atoms with Gasteiger partial charge in [-0.3, -0.25) is 0 Å². The summed E-state index contributed by atoms with van der Waals surface area (Å²) in [7, 11) is -3.44. The van der Waals surface area contributed by atoms with Gasteiger partial charge < -0.3 is 4.98 Å². The van der Waals surface area contributed by atoms with Gasteiger partial charge in [-0.05, 0) is 29.1 Å². The van der Waals surface area contributed by atoms with Crippen LogP contribution >= 0.6 is 11.3 Å². The summed E-state index contributed by atoms with van der Waals surface area (Å²) >= 11 is 1.36. The Kier molecular flexibility index (Phi) is 3.09. The van der Waals surface area contributed by atoms with E-state index in [1.54, 1.807) is 29.2 Å². The van der Waals surface area contributed by atoms with E-state index in [0.717, 1.165) is 16.6 Å². The second-order valence-electron chi connectivity index (χ2n) is 4.00.